The number of rotatable bonds is 6. The summed E-state index contributed by atoms with van der Waals surface area (Å²) in [6, 6.07) is 0. The maximum Gasteiger partial charge on any atom is 0.0720 e. The van der Waals surface area contributed by atoms with Crippen molar-refractivity contribution in [2.45, 2.75) is 38.7 Å². The van der Waals surface area contributed by atoms with Crippen LogP contribution in [0.1, 0.15) is 32.6 Å². The van der Waals surface area contributed by atoms with E-state index in [1.54, 1.807) is 6.08 Å². The fraction of sp³-hybridized carbons (Fsp3) is 0.778. The van der Waals surface area contributed by atoms with Crippen molar-refractivity contribution < 1.29 is 10.2 Å². The average molecular weight is 158 g/mol. The predicted molar refractivity (Wildman–Crippen MR) is 46.4 cm³/mol. The molecule has 0 aliphatic heterocycles. The summed E-state index contributed by atoms with van der Waals surface area (Å²) in [4.78, 5) is 0. The van der Waals surface area contributed by atoms with Gasteiger partial charge in [-0.1, -0.05) is 25.5 Å². The molecule has 0 amide bonds. The van der Waals surface area contributed by atoms with Crippen molar-refractivity contribution >= 4 is 0 Å². The van der Waals surface area contributed by atoms with Crippen LogP contribution in [0.25, 0.3) is 0 Å². The number of hydrogen-bond acceptors (Lipinski definition) is 2. The largest absolute Gasteiger partial charge is 0.396 e. The van der Waals surface area contributed by atoms with Crippen LogP contribution >= 0.6 is 0 Å². The topological polar surface area (TPSA) is 40.5 Å². The highest BCUT2D eigenvalue weighted by Gasteiger charge is 1.93. The Hall–Kier alpha value is -0.340. The lowest BCUT2D eigenvalue weighted by Gasteiger charge is -2.00. The summed E-state index contributed by atoms with van der Waals surface area (Å²) in [6.45, 7) is 2.28. The summed E-state index contributed by atoms with van der Waals surface area (Å²) in [5, 5.41) is 17.6. The molecule has 1 atom stereocenters. The molecule has 0 rings (SSSR count). The van der Waals surface area contributed by atoms with Crippen LogP contribution in [0.3, 0.4) is 0 Å². The molecule has 0 aromatic rings. The van der Waals surface area contributed by atoms with Gasteiger partial charge >= 0.3 is 0 Å². The second-order valence-corrected chi connectivity index (χ2v) is 2.65. The van der Waals surface area contributed by atoms with Crippen LogP contribution in [-0.2, 0) is 0 Å². The third kappa shape index (κ3) is 7.56. The third-order valence-electron chi connectivity index (χ3n) is 1.47. The molecule has 0 aliphatic carbocycles. The van der Waals surface area contributed by atoms with Gasteiger partial charge in [-0.3, -0.25) is 0 Å². The van der Waals surface area contributed by atoms with Crippen molar-refractivity contribution in [2.24, 2.45) is 0 Å². The Labute approximate surface area is 68.6 Å². The van der Waals surface area contributed by atoms with Gasteiger partial charge in [0.2, 0.25) is 0 Å². The highest BCUT2D eigenvalue weighted by molar-refractivity contribution is 4.87. The minimum absolute atomic E-state index is 0.230. The quantitative estimate of drug-likeness (QED) is 0.454. The number of unbranched alkanes of at least 4 members (excludes halogenated alkanes) is 1. The van der Waals surface area contributed by atoms with Crippen molar-refractivity contribution in [1.29, 1.82) is 0 Å². The van der Waals surface area contributed by atoms with E-state index in [2.05, 4.69) is 0 Å². The van der Waals surface area contributed by atoms with Crippen LogP contribution < -0.4 is 0 Å². The van der Waals surface area contributed by atoms with Gasteiger partial charge in [0.25, 0.3) is 0 Å². The first-order chi connectivity index (χ1) is 5.31. The van der Waals surface area contributed by atoms with Crippen LogP contribution in [0.2, 0.25) is 0 Å². The first-order valence-electron chi connectivity index (χ1n) is 4.26. The Morgan fingerprint density at radius 3 is 2.73 bits per heavy atom. The van der Waals surface area contributed by atoms with E-state index < -0.39 is 0 Å². The molecule has 0 saturated heterocycles. The minimum atomic E-state index is -0.293. The van der Waals surface area contributed by atoms with Gasteiger partial charge in [0.15, 0.2) is 0 Å². The summed E-state index contributed by atoms with van der Waals surface area (Å²) in [7, 11) is 0. The molecule has 2 N–H and O–H groups in total. The number of aliphatic hydroxyl groups excluding tert-OH is 2. The van der Waals surface area contributed by atoms with Gasteiger partial charge in [-0.15, -0.1) is 0 Å². The van der Waals surface area contributed by atoms with Crippen molar-refractivity contribution in [3.05, 3.63) is 12.2 Å². The number of hydrogen-bond donors (Lipinski definition) is 2. The van der Waals surface area contributed by atoms with Crippen molar-refractivity contribution in [3.8, 4) is 0 Å². The first-order valence-corrected chi connectivity index (χ1v) is 4.26. The monoisotopic (exact) mass is 158 g/mol. The van der Waals surface area contributed by atoms with Crippen LogP contribution in [-0.4, -0.2) is 22.9 Å². The van der Waals surface area contributed by atoms with Crippen molar-refractivity contribution in [2.75, 3.05) is 6.61 Å². The zero-order valence-electron chi connectivity index (χ0n) is 7.16. The molecule has 0 fully saturated rings. The minimum Gasteiger partial charge on any atom is -0.396 e. The van der Waals surface area contributed by atoms with Gasteiger partial charge in [0, 0.05) is 6.61 Å². The normalized spacial score (nSPS) is 14.1. The molecule has 0 aromatic heterocycles. The van der Waals surface area contributed by atoms with E-state index in [9.17, 15) is 5.11 Å². The van der Waals surface area contributed by atoms with Crippen molar-refractivity contribution in [1.82, 2.24) is 0 Å². The van der Waals surface area contributed by atoms with E-state index in [1.807, 2.05) is 13.0 Å². The van der Waals surface area contributed by atoms with E-state index in [1.165, 1.54) is 0 Å². The second kappa shape index (κ2) is 7.76. The smallest absolute Gasteiger partial charge is 0.0720 e. The van der Waals surface area contributed by atoms with Gasteiger partial charge in [-0.2, -0.15) is 0 Å². The zero-order valence-corrected chi connectivity index (χ0v) is 7.16. The summed E-state index contributed by atoms with van der Waals surface area (Å²) >= 11 is 0. The molecule has 2 nitrogen and oxygen atoms in total. The van der Waals surface area contributed by atoms with E-state index in [4.69, 9.17) is 5.11 Å². The Kier molecular flexibility index (Phi) is 7.52. The van der Waals surface area contributed by atoms with E-state index in [-0.39, 0.29) is 12.7 Å². The van der Waals surface area contributed by atoms with E-state index in [0.29, 0.717) is 0 Å². The molecule has 0 aromatic carbocycles. The lowest BCUT2D eigenvalue weighted by molar-refractivity contribution is 0.211. The van der Waals surface area contributed by atoms with Crippen molar-refractivity contribution in [3.63, 3.8) is 0 Å². The molecule has 0 spiro atoms. The van der Waals surface area contributed by atoms with Gasteiger partial charge in [-0.05, 0) is 19.3 Å². The van der Waals surface area contributed by atoms with Gasteiger partial charge in [0.1, 0.15) is 0 Å². The molecule has 66 valence electrons. The highest BCUT2D eigenvalue weighted by Crippen LogP contribution is 1.99. The molecular formula is C9H18O2. The summed E-state index contributed by atoms with van der Waals surface area (Å²) < 4.78 is 0. The summed E-state index contributed by atoms with van der Waals surface area (Å²) in [5.74, 6) is 0. The Morgan fingerprint density at radius 1 is 1.45 bits per heavy atom. The Balaban J connectivity index is 3.24. The first kappa shape index (κ1) is 10.7. The van der Waals surface area contributed by atoms with Gasteiger partial charge in [-0.25, -0.2) is 0 Å². The SMILES string of the molecule is CCCC(O)C=CCCCO. The number of aliphatic hydroxyl groups is 2. The molecule has 11 heavy (non-hydrogen) atoms. The Morgan fingerprint density at radius 2 is 2.18 bits per heavy atom. The molecule has 0 radical (unpaired) electrons. The van der Waals surface area contributed by atoms with Crippen LogP contribution in [0.4, 0.5) is 0 Å². The molecule has 1 unspecified atom stereocenters. The molecule has 0 bridgehead atoms. The predicted octanol–water partition coefficient (Wildman–Crippen LogP) is 1.48. The Bertz CT molecular complexity index is 99.7. The number of allylic oxidation sites excluding steroid dienone is 1. The fourth-order valence-corrected chi connectivity index (χ4v) is 0.854. The molecule has 0 heterocycles. The molecule has 0 aliphatic rings. The lowest BCUT2D eigenvalue weighted by Crippen LogP contribution is -1.99. The van der Waals surface area contributed by atoms with Crippen LogP contribution in [0.15, 0.2) is 12.2 Å². The maximum atomic E-state index is 9.20. The van der Waals surface area contributed by atoms with E-state index >= 15 is 0 Å². The molecular weight excluding hydrogens is 140 g/mol. The van der Waals surface area contributed by atoms with Gasteiger partial charge in [0.05, 0.1) is 6.10 Å². The van der Waals surface area contributed by atoms with Crippen LogP contribution in [0.5, 0.6) is 0 Å². The zero-order chi connectivity index (χ0) is 8.53. The summed E-state index contributed by atoms with van der Waals surface area (Å²) in [5.41, 5.74) is 0. The fourth-order valence-electron chi connectivity index (χ4n) is 0.854. The highest BCUT2D eigenvalue weighted by atomic mass is 16.3. The summed E-state index contributed by atoms with van der Waals surface area (Å²) in [6.07, 6.45) is 6.92. The maximum absolute atomic E-state index is 9.20. The third-order valence-corrected chi connectivity index (χ3v) is 1.47. The molecule has 0 saturated carbocycles. The average Bonchev–Trinajstić information content (AvgIpc) is 1.99. The lowest BCUT2D eigenvalue weighted by atomic mass is 10.2. The second-order valence-electron chi connectivity index (χ2n) is 2.65. The van der Waals surface area contributed by atoms with Crippen LogP contribution in [0, 0.1) is 0 Å². The van der Waals surface area contributed by atoms with Gasteiger partial charge < -0.3 is 10.2 Å². The molecule has 2 heteroatoms. The standard InChI is InChI=1S/C9H18O2/c1-2-6-9(11)7-4-3-5-8-10/h4,7,9-11H,2-3,5-6,8H2,1H3. The van der Waals surface area contributed by atoms with E-state index in [0.717, 1.165) is 25.7 Å².